The first-order valence-electron chi connectivity index (χ1n) is 8.02. The summed E-state index contributed by atoms with van der Waals surface area (Å²) in [6, 6.07) is 6.62. The maximum Gasteiger partial charge on any atom is 0.248 e. The topological polar surface area (TPSA) is 58.4 Å². The molecule has 1 atom stereocenters. The summed E-state index contributed by atoms with van der Waals surface area (Å²) in [4.78, 5) is 13.9. The van der Waals surface area contributed by atoms with E-state index in [4.69, 9.17) is 5.73 Å². The number of nitrogens with zero attached hydrogens (tertiary/aromatic N) is 1. The van der Waals surface area contributed by atoms with Gasteiger partial charge in [0, 0.05) is 30.4 Å². The van der Waals surface area contributed by atoms with Gasteiger partial charge in [-0.25, -0.2) is 0 Å². The minimum atomic E-state index is -0.342. The maximum atomic E-state index is 11.4. The quantitative estimate of drug-likeness (QED) is 0.842. The third-order valence-electron chi connectivity index (χ3n) is 4.62. The van der Waals surface area contributed by atoms with Crippen LogP contribution in [0.1, 0.15) is 41.6 Å². The molecule has 21 heavy (non-hydrogen) atoms. The smallest absolute Gasteiger partial charge is 0.248 e. The molecule has 0 bridgehead atoms. The SMILES string of the molecule is Cc1cc(N(CC2CC2)CC2CCCN2)ccc1C(N)=O. The van der Waals surface area contributed by atoms with E-state index in [0.29, 0.717) is 11.6 Å². The van der Waals surface area contributed by atoms with Crippen LogP contribution in [0.5, 0.6) is 0 Å². The Morgan fingerprint density at radius 1 is 1.33 bits per heavy atom. The standard InChI is InChI=1S/C17H25N3O/c1-12-9-15(6-7-16(12)17(18)21)20(10-13-4-5-13)11-14-3-2-8-19-14/h6-7,9,13-14,19H,2-5,8,10-11H2,1H3,(H2,18,21). The summed E-state index contributed by atoms with van der Waals surface area (Å²) in [5.74, 6) is 0.507. The first kappa shape index (κ1) is 14.4. The molecule has 1 saturated carbocycles. The van der Waals surface area contributed by atoms with Crippen molar-refractivity contribution in [3.8, 4) is 0 Å². The number of primary amides is 1. The number of carbonyl (C=O) groups is 1. The van der Waals surface area contributed by atoms with Crippen molar-refractivity contribution in [1.82, 2.24) is 5.32 Å². The van der Waals surface area contributed by atoms with Crippen LogP contribution < -0.4 is 16.0 Å². The van der Waals surface area contributed by atoms with Crippen molar-refractivity contribution in [3.63, 3.8) is 0 Å². The molecular formula is C17H25N3O. The van der Waals surface area contributed by atoms with Crippen LogP contribution in [0.3, 0.4) is 0 Å². The fraction of sp³-hybridized carbons (Fsp3) is 0.588. The molecule has 1 saturated heterocycles. The third-order valence-corrected chi connectivity index (χ3v) is 4.62. The lowest BCUT2D eigenvalue weighted by molar-refractivity contribution is 0.0999. The van der Waals surface area contributed by atoms with Gasteiger partial charge in [0.2, 0.25) is 5.91 Å². The zero-order valence-corrected chi connectivity index (χ0v) is 12.8. The second-order valence-electron chi connectivity index (χ2n) is 6.51. The predicted octanol–water partition coefficient (Wildman–Crippen LogP) is 2.06. The Morgan fingerprint density at radius 2 is 2.14 bits per heavy atom. The number of benzene rings is 1. The number of anilines is 1. The first-order chi connectivity index (χ1) is 10.1. The van der Waals surface area contributed by atoms with Crippen LogP contribution in [-0.2, 0) is 0 Å². The highest BCUT2D eigenvalue weighted by atomic mass is 16.1. The summed E-state index contributed by atoms with van der Waals surface area (Å²) in [7, 11) is 0. The lowest BCUT2D eigenvalue weighted by Gasteiger charge is -2.28. The Bertz CT molecular complexity index is 519. The average molecular weight is 287 g/mol. The Labute approximate surface area is 126 Å². The Balaban J connectivity index is 1.77. The van der Waals surface area contributed by atoms with Gasteiger partial charge >= 0.3 is 0 Å². The molecule has 0 spiro atoms. The fourth-order valence-corrected chi connectivity index (χ4v) is 3.20. The molecule has 114 valence electrons. The lowest BCUT2D eigenvalue weighted by atomic mass is 10.1. The van der Waals surface area contributed by atoms with E-state index in [2.05, 4.69) is 16.3 Å². The number of hydrogen-bond donors (Lipinski definition) is 2. The van der Waals surface area contributed by atoms with Gasteiger partial charge in [0.15, 0.2) is 0 Å². The predicted molar refractivity (Wildman–Crippen MR) is 85.7 cm³/mol. The van der Waals surface area contributed by atoms with Crippen molar-refractivity contribution in [2.45, 2.75) is 38.6 Å². The average Bonchev–Trinajstić information content (AvgIpc) is 3.11. The van der Waals surface area contributed by atoms with Gasteiger partial charge in [-0.15, -0.1) is 0 Å². The van der Waals surface area contributed by atoms with E-state index in [1.165, 1.54) is 31.4 Å². The van der Waals surface area contributed by atoms with Gasteiger partial charge in [0.1, 0.15) is 0 Å². The molecule has 1 aromatic rings. The zero-order chi connectivity index (χ0) is 14.8. The Kier molecular flexibility index (Phi) is 4.15. The molecule has 1 amide bonds. The largest absolute Gasteiger partial charge is 0.370 e. The van der Waals surface area contributed by atoms with E-state index >= 15 is 0 Å². The molecule has 1 heterocycles. The number of hydrogen-bond acceptors (Lipinski definition) is 3. The van der Waals surface area contributed by atoms with Gasteiger partial charge in [-0.05, 0) is 68.8 Å². The summed E-state index contributed by atoms with van der Waals surface area (Å²) in [6.45, 7) is 5.30. The van der Waals surface area contributed by atoms with Crippen LogP contribution in [0, 0.1) is 12.8 Å². The lowest BCUT2D eigenvalue weighted by Crippen LogP contribution is -2.38. The van der Waals surface area contributed by atoms with Gasteiger partial charge in [0.05, 0.1) is 0 Å². The molecule has 1 aliphatic carbocycles. The number of carbonyl (C=O) groups excluding carboxylic acids is 1. The highest BCUT2D eigenvalue weighted by Gasteiger charge is 2.27. The molecule has 3 N–H and O–H groups in total. The molecule has 0 aromatic heterocycles. The first-order valence-corrected chi connectivity index (χ1v) is 8.02. The maximum absolute atomic E-state index is 11.4. The van der Waals surface area contributed by atoms with Gasteiger partial charge in [-0.3, -0.25) is 4.79 Å². The van der Waals surface area contributed by atoms with E-state index in [9.17, 15) is 4.79 Å². The molecule has 1 unspecified atom stereocenters. The summed E-state index contributed by atoms with van der Waals surface area (Å²) in [5.41, 5.74) is 8.22. The summed E-state index contributed by atoms with van der Waals surface area (Å²) >= 11 is 0. The monoisotopic (exact) mass is 287 g/mol. The highest BCUT2D eigenvalue weighted by molar-refractivity contribution is 5.94. The molecule has 4 heteroatoms. The second kappa shape index (κ2) is 6.06. The minimum absolute atomic E-state index is 0.342. The van der Waals surface area contributed by atoms with Gasteiger partial charge < -0.3 is 16.0 Å². The molecule has 2 fully saturated rings. The van der Waals surface area contributed by atoms with Crippen LogP contribution >= 0.6 is 0 Å². The molecule has 4 nitrogen and oxygen atoms in total. The van der Waals surface area contributed by atoms with Crippen LogP contribution in [0.15, 0.2) is 18.2 Å². The molecule has 1 aromatic carbocycles. The number of nitrogens with two attached hydrogens (primary N) is 1. The van der Waals surface area contributed by atoms with Crippen LogP contribution in [0.4, 0.5) is 5.69 Å². The van der Waals surface area contributed by atoms with Crippen molar-refractivity contribution in [1.29, 1.82) is 0 Å². The van der Waals surface area contributed by atoms with E-state index in [1.807, 2.05) is 19.1 Å². The van der Waals surface area contributed by atoms with Crippen molar-refractivity contribution < 1.29 is 4.79 Å². The summed E-state index contributed by atoms with van der Waals surface area (Å²) in [6.07, 6.45) is 5.25. The highest BCUT2D eigenvalue weighted by Crippen LogP contribution is 2.32. The molecule has 1 aliphatic heterocycles. The van der Waals surface area contributed by atoms with Gasteiger partial charge in [0.25, 0.3) is 0 Å². The number of rotatable bonds is 6. The Hall–Kier alpha value is -1.55. The second-order valence-corrected chi connectivity index (χ2v) is 6.51. The minimum Gasteiger partial charge on any atom is -0.370 e. The summed E-state index contributed by atoms with van der Waals surface area (Å²) in [5, 5.41) is 3.58. The Morgan fingerprint density at radius 3 is 2.71 bits per heavy atom. The van der Waals surface area contributed by atoms with Crippen molar-refractivity contribution in [2.24, 2.45) is 11.7 Å². The van der Waals surface area contributed by atoms with Crippen LogP contribution in [0.2, 0.25) is 0 Å². The molecular weight excluding hydrogens is 262 g/mol. The van der Waals surface area contributed by atoms with Crippen molar-refractivity contribution in [2.75, 3.05) is 24.5 Å². The van der Waals surface area contributed by atoms with E-state index < -0.39 is 0 Å². The van der Waals surface area contributed by atoms with Crippen LogP contribution in [-0.4, -0.2) is 31.6 Å². The van der Waals surface area contributed by atoms with E-state index in [-0.39, 0.29) is 5.91 Å². The zero-order valence-electron chi connectivity index (χ0n) is 12.8. The normalized spacial score (nSPS) is 21.5. The van der Waals surface area contributed by atoms with Gasteiger partial charge in [-0.1, -0.05) is 0 Å². The van der Waals surface area contributed by atoms with Crippen molar-refractivity contribution >= 4 is 11.6 Å². The summed E-state index contributed by atoms with van der Waals surface area (Å²) < 4.78 is 0. The molecule has 3 rings (SSSR count). The number of aryl methyl sites for hydroxylation is 1. The van der Waals surface area contributed by atoms with E-state index in [1.54, 1.807) is 0 Å². The molecule has 0 radical (unpaired) electrons. The van der Waals surface area contributed by atoms with Crippen LogP contribution in [0.25, 0.3) is 0 Å². The van der Waals surface area contributed by atoms with E-state index in [0.717, 1.165) is 31.1 Å². The van der Waals surface area contributed by atoms with Gasteiger partial charge in [-0.2, -0.15) is 0 Å². The number of amides is 1. The van der Waals surface area contributed by atoms with Crippen molar-refractivity contribution in [3.05, 3.63) is 29.3 Å². The third kappa shape index (κ3) is 3.56. The molecule has 2 aliphatic rings. The fourth-order valence-electron chi connectivity index (χ4n) is 3.20. The number of nitrogens with one attached hydrogen (secondary N) is 1.